The van der Waals surface area contributed by atoms with Crippen molar-refractivity contribution in [3.8, 4) is 0 Å². The van der Waals surface area contributed by atoms with E-state index in [0.717, 1.165) is 9.54 Å². The van der Waals surface area contributed by atoms with Crippen LogP contribution in [0.4, 0.5) is 0 Å². The summed E-state index contributed by atoms with van der Waals surface area (Å²) < 4.78 is 26.1. The molecule has 3 rings (SSSR count). The Morgan fingerprint density at radius 3 is 2.40 bits per heavy atom. The van der Waals surface area contributed by atoms with E-state index < -0.39 is 27.8 Å². The Hall–Kier alpha value is -2.61. The molecule has 1 saturated carbocycles. The first-order valence-corrected chi connectivity index (χ1v) is 9.25. The first kappa shape index (κ1) is 17.2. The van der Waals surface area contributed by atoms with Crippen molar-refractivity contribution < 1.29 is 23.1 Å². The van der Waals surface area contributed by atoms with Crippen molar-refractivity contribution in [3.05, 3.63) is 53.9 Å². The number of carbonyl (C=O) groups is 2. The second-order valence-corrected chi connectivity index (χ2v) is 8.07. The van der Waals surface area contributed by atoms with Crippen LogP contribution in [-0.2, 0) is 14.8 Å². The van der Waals surface area contributed by atoms with Crippen LogP contribution in [0.3, 0.4) is 0 Å². The van der Waals surface area contributed by atoms with Crippen molar-refractivity contribution >= 4 is 21.9 Å². The first-order chi connectivity index (χ1) is 11.8. The first-order valence-electron chi connectivity index (χ1n) is 7.81. The Kier molecular flexibility index (Phi) is 4.38. The molecule has 8 heteroatoms. The highest BCUT2D eigenvalue weighted by Gasteiger charge is 2.35. The maximum Gasteiger partial charge on any atom is 0.306 e. The lowest BCUT2D eigenvalue weighted by molar-refractivity contribution is -0.145. The van der Waals surface area contributed by atoms with Crippen molar-refractivity contribution in [2.75, 3.05) is 0 Å². The maximum atomic E-state index is 12.6. The zero-order chi connectivity index (χ0) is 18.2. The average molecular weight is 362 g/mol. The fourth-order valence-electron chi connectivity index (χ4n) is 2.70. The number of hydrogen-bond acceptors (Lipinski definition) is 4. The molecule has 1 aliphatic rings. The van der Waals surface area contributed by atoms with E-state index in [-0.39, 0.29) is 16.5 Å². The van der Waals surface area contributed by atoms with Crippen LogP contribution >= 0.6 is 0 Å². The molecule has 1 fully saturated rings. The molecule has 0 aliphatic heterocycles. The fourth-order valence-corrected chi connectivity index (χ4v) is 3.90. The van der Waals surface area contributed by atoms with Crippen LogP contribution < -0.4 is 5.32 Å². The van der Waals surface area contributed by atoms with Crippen molar-refractivity contribution in [1.82, 2.24) is 9.29 Å². The third-order valence-corrected chi connectivity index (χ3v) is 6.00. The molecule has 0 saturated heterocycles. The summed E-state index contributed by atoms with van der Waals surface area (Å²) in [4.78, 5) is 23.1. The second-order valence-electron chi connectivity index (χ2n) is 6.23. The number of aryl methyl sites for hydroxylation is 1. The third-order valence-electron chi connectivity index (χ3n) is 4.35. The molecular weight excluding hydrogens is 344 g/mol. The minimum Gasteiger partial charge on any atom is -0.481 e. The minimum atomic E-state index is -3.75. The van der Waals surface area contributed by atoms with Gasteiger partial charge in [0.1, 0.15) is 0 Å². The average Bonchev–Trinajstić information content (AvgIpc) is 3.01. The summed E-state index contributed by atoms with van der Waals surface area (Å²) in [5, 5.41) is 11.6. The van der Waals surface area contributed by atoms with E-state index in [1.807, 2.05) is 6.92 Å². The molecule has 0 atom stereocenters. The maximum absolute atomic E-state index is 12.6. The smallest absolute Gasteiger partial charge is 0.306 e. The van der Waals surface area contributed by atoms with E-state index in [2.05, 4.69) is 5.32 Å². The molecule has 1 aromatic heterocycles. The predicted molar refractivity (Wildman–Crippen MR) is 89.8 cm³/mol. The highest BCUT2D eigenvalue weighted by Crippen LogP contribution is 2.27. The summed E-state index contributed by atoms with van der Waals surface area (Å²) in [5.41, 5.74) is 1.17. The fraction of sp³-hybridized carbons (Fsp3) is 0.294. The van der Waals surface area contributed by atoms with Gasteiger partial charge in [-0.25, -0.2) is 12.4 Å². The van der Waals surface area contributed by atoms with E-state index in [1.54, 1.807) is 12.1 Å². The highest BCUT2D eigenvalue weighted by atomic mass is 32.2. The van der Waals surface area contributed by atoms with Gasteiger partial charge in [-0.3, -0.25) is 9.59 Å². The standard InChI is InChI=1S/C17H18N2O5S/c1-11-2-4-15(5-3-11)25(23,24)19-7-6-12(10-19)16(20)18-14-8-13(9-14)17(21)22/h2-7,10,13-14H,8-9H2,1H3,(H,18,20)(H,21,22). The Balaban J connectivity index is 1.70. The summed E-state index contributed by atoms with van der Waals surface area (Å²) in [7, 11) is -3.75. The van der Waals surface area contributed by atoms with Crippen LogP contribution in [-0.4, -0.2) is 35.4 Å². The number of aromatic nitrogens is 1. The summed E-state index contributed by atoms with van der Waals surface area (Å²) >= 11 is 0. The van der Waals surface area contributed by atoms with Gasteiger partial charge >= 0.3 is 5.97 Å². The number of carboxylic acids is 1. The SMILES string of the molecule is Cc1ccc(S(=O)(=O)n2ccc(C(=O)NC3CC(C(=O)O)C3)c2)cc1. The molecule has 0 unspecified atom stereocenters. The van der Waals surface area contributed by atoms with Crippen molar-refractivity contribution in [1.29, 1.82) is 0 Å². The summed E-state index contributed by atoms with van der Waals surface area (Å²) in [6, 6.07) is 7.69. The molecule has 0 spiro atoms. The molecular formula is C17H18N2O5S. The molecule has 1 aliphatic carbocycles. The van der Waals surface area contributed by atoms with Gasteiger partial charge in [-0.1, -0.05) is 17.7 Å². The Morgan fingerprint density at radius 1 is 1.16 bits per heavy atom. The Labute approximate surface area is 145 Å². The Bertz CT molecular complexity index is 909. The van der Waals surface area contributed by atoms with Crippen LogP contribution in [0.5, 0.6) is 0 Å². The van der Waals surface area contributed by atoms with Gasteiger partial charge in [-0.05, 0) is 38.0 Å². The number of nitrogens with zero attached hydrogens (tertiary/aromatic N) is 1. The van der Waals surface area contributed by atoms with Crippen molar-refractivity contribution in [3.63, 3.8) is 0 Å². The quantitative estimate of drug-likeness (QED) is 0.841. The third kappa shape index (κ3) is 3.43. The van der Waals surface area contributed by atoms with Crippen LogP contribution in [0, 0.1) is 12.8 Å². The number of hydrogen-bond donors (Lipinski definition) is 2. The largest absolute Gasteiger partial charge is 0.481 e. The number of aliphatic carboxylic acids is 1. The number of carboxylic acid groups (broad SMARTS) is 1. The van der Waals surface area contributed by atoms with Gasteiger partial charge in [0, 0.05) is 18.4 Å². The number of benzene rings is 1. The zero-order valence-electron chi connectivity index (χ0n) is 13.5. The molecule has 2 N–H and O–H groups in total. The molecule has 7 nitrogen and oxygen atoms in total. The van der Waals surface area contributed by atoms with E-state index >= 15 is 0 Å². The van der Waals surface area contributed by atoms with Crippen molar-refractivity contribution in [2.24, 2.45) is 5.92 Å². The lowest BCUT2D eigenvalue weighted by Crippen LogP contribution is -2.46. The molecule has 132 valence electrons. The highest BCUT2D eigenvalue weighted by molar-refractivity contribution is 7.90. The van der Waals surface area contributed by atoms with Gasteiger partial charge in [0.05, 0.1) is 16.4 Å². The van der Waals surface area contributed by atoms with Crippen LogP contribution in [0.15, 0.2) is 47.6 Å². The molecule has 25 heavy (non-hydrogen) atoms. The van der Waals surface area contributed by atoms with Gasteiger partial charge in [0.15, 0.2) is 0 Å². The second kappa shape index (κ2) is 6.36. The monoisotopic (exact) mass is 362 g/mol. The van der Waals surface area contributed by atoms with E-state index in [4.69, 9.17) is 5.11 Å². The van der Waals surface area contributed by atoms with Gasteiger partial charge in [-0.15, -0.1) is 0 Å². The molecule has 0 radical (unpaired) electrons. The van der Waals surface area contributed by atoms with Crippen molar-refractivity contribution in [2.45, 2.75) is 30.7 Å². The van der Waals surface area contributed by atoms with Crippen LogP contribution in [0.2, 0.25) is 0 Å². The summed E-state index contributed by atoms with van der Waals surface area (Å²) in [6.07, 6.45) is 3.37. The molecule has 0 bridgehead atoms. The Morgan fingerprint density at radius 2 is 1.80 bits per heavy atom. The lowest BCUT2D eigenvalue weighted by Gasteiger charge is -2.32. The minimum absolute atomic E-state index is 0.143. The van der Waals surface area contributed by atoms with Gasteiger partial charge in [0.25, 0.3) is 15.9 Å². The summed E-state index contributed by atoms with van der Waals surface area (Å²) in [5.74, 6) is -1.69. The number of carbonyl (C=O) groups excluding carboxylic acids is 1. The lowest BCUT2D eigenvalue weighted by atomic mass is 9.80. The molecule has 1 amide bonds. The van der Waals surface area contributed by atoms with E-state index in [9.17, 15) is 18.0 Å². The zero-order valence-corrected chi connectivity index (χ0v) is 14.4. The number of nitrogens with one attached hydrogen (secondary N) is 1. The molecule has 2 aromatic rings. The van der Waals surface area contributed by atoms with Gasteiger partial charge in [0.2, 0.25) is 0 Å². The van der Waals surface area contributed by atoms with E-state index in [0.29, 0.717) is 12.8 Å². The van der Waals surface area contributed by atoms with Crippen LogP contribution in [0.1, 0.15) is 28.8 Å². The topological polar surface area (TPSA) is 105 Å². The number of rotatable bonds is 5. The van der Waals surface area contributed by atoms with Gasteiger partial charge in [-0.2, -0.15) is 0 Å². The number of amides is 1. The molecule has 1 aromatic carbocycles. The molecule has 1 heterocycles. The normalized spacial score (nSPS) is 19.9. The predicted octanol–water partition coefficient (Wildman–Crippen LogP) is 1.63. The van der Waals surface area contributed by atoms with E-state index in [1.165, 1.54) is 30.6 Å². The van der Waals surface area contributed by atoms with Gasteiger partial charge < -0.3 is 10.4 Å². The van der Waals surface area contributed by atoms with Crippen LogP contribution in [0.25, 0.3) is 0 Å². The summed E-state index contributed by atoms with van der Waals surface area (Å²) in [6.45, 7) is 1.86.